The molecule has 102 valence electrons. The number of aromatic nitrogens is 1. The molecule has 3 N–H and O–H groups in total. The number of unbranched alkanes of at least 4 members (excludes halogenated alkanes) is 3. The molecule has 1 aromatic heterocycles. The minimum atomic E-state index is 0.776. The van der Waals surface area contributed by atoms with Gasteiger partial charge >= 0.3 is 0 Å². The zero-order chi connectivity index (χ0) is 13.2. The second-order valence-electron chi connectivity index (χ2n) is 5.31. The largest absolute Gasteiger partial charge is 0.397 e. The van der Waals surface area contributed by atoms with Crippen LogP contribution >= 0.6 is 0 Å². The molecular formula is C15H27N3. The predicted molar refractivity (Wildman–Crippen MR) is 78.3 cm³/mol. The SMILES string of the molecule is CC(C)CCCCCCNCc1ncccc1N. The lowest BCUT2D eigenvalue weighted by molar-refractivity contribution is 0.511. The lowest BCUT2D eigenvalue weighted by Crippen LogP contribution is -2.16. The maximum atomic E-state index is 5.83. The van der Waals surface area contributed by atoms with Gasteiger partial charge in [-0.3, -0.25) is 4.98 Å². The molecule has 0 amide bonds. The van der Waals surface area contributed by atoms with Crippen LogP contribution in [0.1, 0.15) is 51.6 Å². The van der Waals surface area contributed by atoms with Gasteiger partial charge in [-0.25, -0.2) is 0 Å². The summed E-state index contributed by atoms with van der Waals surface area (Å²) >= 11 is 0. The maximum absolute atomic E-state index is 5.83. The van der Waals surface area contributed by atoms with Gasteiger partial charge in [-0.2, -0.15) is 0 Å². The van der Waals surface area contributed by atoms with E-state index in [1.54, 1.807) is 6.20 Å². The zero-order valence-corrected chi connectivity index (χ0v) is 11.8. The van der Waals surface area contributed by atoms with Crippen molar-refractivity contribution in [2.45, 2.75) is 52.5 Å². The number of nitrogens with two attached hydrogens (primary N) is 1. The molecule has 0 bridgehead atoms. The van der Waals surface area contributed by atoms with E-state index in [1.807, 2.05) is 12.1 Å². The van der Waals surface area contributed by atoms with E-state index in [0.29, 0.717) is 0 Å². The van der Waals surface area contributed by atoms with E-state index in [1.165, 1.54) is 32.1 Å². The fraction of sp³-hybridized carbons (Fsp3) is 0.667. The Morgan fingerprint density at radius 1 is 1.22 bits per heavy atom. The molecule has 0 fully saturated rings. The lowest BCUT2D eigenvalue weighted by atomic mass is 10.0. The molecule has 0 atom stereocenters. The first-order valence-corrected chi connectivity index (χ1v) is 7.10. The van der Waals surface area contributed by atoms with Gasteiger partial charge in [0.05, 0.1) is 11.4 Å². The Morgan fingerprint density at radius 2 is 2.00 bits per heavy atom. The van der Waals surface area contributed by atoms with E-state index in [4.69, 9.17) is 5.73 Å². The summed E-state index contributed by atoms with van der Waals surface area (Å²) in [7, 11) is 0. The molecular weight excluding hydrogens is 222 g/mol. The number of hydrogen-bond donors (Lipinski definition) is 2. The molecule has 0 saturated heterocycles. The summed E-state index contributed by atoms with van der Waals surface area (Å²) in [5, 5.41) is 3.40. The summed E-state index contributed by atoms with van der Waals surface area (Å²) in [6.45, 7) is 6.41. The highest BCUT2D eigenvalue weighted by Gasteiger charge is 1.98. The summed E-state index contributed by atoms with van der Waals surface area (Å²) in [5.74, 6) is 0.843. The van der Waals surface area contributed by atoms with Crippen molar-refractivity contribution in [2.75, 3.05) is 12.3 Å². The van der Waals surface area contributed by atoms with Crippen LogP contribution in [0.3, 0.4) is 0 Å². The van der Waals surface area contributed by atoms with Crippen LogP contribution in [0.4, 0.5) is 5.69 Å². The molecule has 0 spiro atoms. The van der Waals surface area contributed by atoms with Crippen molar-refractivity contribution in [1.82, 2.24) is 10.3 Å². The smallest absolute Gasteiger partial charge is 0.0770 e. The molecule has 3 nitrogen and oxygen atoms in total. The summed E-state index contributed by atoms with van der Waals surface area (Å²) in [6, 6.07) is 3.77. The number of nitrogens with zero attached hydrogens (tertiary/aromatic N) is 1. The lowest BCUT2D eigenvalue weighted by Gasteiger charge is -2.07. The van der Waals surface area contributed by atoms with Gasteiger partial charge in [-0.1, -0.05) is 39.5 Å². The Hall–Kier alpha value is -1.09. The van der Waals surface area contributed by atoms with Gasteiger partial charge in [0.1, 0.15) is 0 Å². The van der Waals surface area contributed by atoms with E-state index in [-0.39, 0.29) is 0 Å². The molecule has 1 aromatic rings. The number of hydrogen-bond acceptors (Lipinski definition) is 3. The third kappa shape index (κ3) is 6.60. The first-order chi connectivity index (χ1) is 8.70. The second kappa shape index (κ2) is 8.92. The van der Waals surface area contributed by atoms with Gasteiger partial charge in [0.15, 0.2) is 0 Å². The monoisotopic (exact) mass is 249 g/mol. The number of pyridine rings is 1. The average Bonchev–Trinajstić information content (AvgIpc) is 2.34. The molecule has 0 aliphatic carbocycles. The minimum Gasteiger partial charge on any atom is -0.397 e. The third-order valence-electron chi connectivity index (χ3n) is 3.10. The van der Waals surface area contributed by atoms with Gasteiger partial charge in [-0.15, -0.1) is 0 Å². The van der Waals surface area contributed by atoms with E-state index in [2.05, 4.69) is 24.1 Å². The first-order valence-electron chi connectivity index (χ1n) is 7.10. The van der Waals surface area contributed by atoms with Crippen LogP contribution in [0.2, 0.25) is 0 Å². The van der Waals surface area contributed by atoms with Crippen LogP contribution in [-0.4, -0.2) is 11.5 Å². The Labute approximate surface area is 111 Å². The van der Waals surface area contributed by atoms with Gasteiger partial charge in [0.2, 0.25) is 0 Å². The Kier molecular flexibility index (Phi) is 7.42. The molecule has 0 aromatic carbocycles. The topological polar surface area (TPSA) is 50.9 Å². The first kappa shape index (κ1) is 15.0. The van der Waals surface area contributed by atoms with Gasteiger partial charge < -0.3 is 11.1 Å². The van der Waals surface area contributed by atoms with Crippen molar-refractivity contribution < 1.29 is 0 Å². The molecule has 1 rings (SSSR count). The highest BCUT2D eigenvalue weighted by atomic mass is 14.9. The van der Waals surface area contributed by atoms with E-state index in [0.717, 1.165) is 30.4 Å². The number of nitrogens with one attached hydrogen (secondary N) is 1. The van der Waals surface area contributed by atoms with Gasteiger partial charge in [0.25, 0.3) is 0 Å². The zero-order valence-electron chi connectivity index (χ0n) is 11.8. The number of rotatable bonds is 9. The molecule has 0 radical (unpaired) electrons. The normalized spacial score (nSPS) is 11.1. The quantitative estimate of drug-likeness (QED) is 0.660. The van der Waals surface area contributed by atoms with Crippen LogP contribution in [0.25, 0.3) is 0 Å². The minimum absolute atomic E-state index is 0.776. The highest BCUT2D eigenvalue weighted by molar-refractivity contribution is 5.41. The van der Waals surface area contributed by atoms with Crippen LogP contribution in [0.5, 0.6) is 0 Å². The van der Waals surface area contributed by atoms with Crippen molar-refractivity contribution in [3.63, 3.8) is 0 Å². The van der Waals surface area contributed by atoms with E-state index >= 15 is 0 Å². The molecule has 0 aliphatic rings. The molecule has 18 heavy (non-hydrogen) atoms. The van der Waals surface area contributed by atoms with Crippen molar-refractivity contribution in [1.29, 1.82) is 0 Å². The molecule has 0 saturated carbocycles. The van der Waals surface area contributed by atoms with Crippen molar-refractivity contribution in [2.24, 2.45) is 5.92 Å². The summed E-state index contributed by atoms with van der Waals surface area (Å²) in [6.07, 6.45) is 8.43. The molecule has 0 unspecified atom stereocenters. The van der Waals surface area contributed by atoms with E-state index in [9.17, 15) is 0 Å². The number of anilines is 1. The fourth-order valence-corrected chi connectivity index (χ4v) is 1.96. The van der Waals surface area contributed by atoms with E-state index < -0.39 is 0 Å². The Balaban J connectivity index is 1.98. The predicted octanol–water partition coefficient (Wildman–Crippen LogP) is 3.36. The Bertz CT molecular complexity index is 323. The average molecular weight is 249 g/mol. The number of nitrogen functional groups attached to an aromatic ring is 1. The van der Waals surface area contributed by atoms with Crippen LogP contribution in [0.15, 0.2) is 18.3 Å². The standard InChI is InChI=1S/C15H27N3/c1-13(2)8-5-3-4-6-10-17-12-15-14(16)9-7-11-18-15/h7,9,11,13,17H,3-6,8,10,12,16H2,1-2H3. The van der Waals surface area contributed by atoms with Gasteiger partial charge in [0, 0.05) is 12.7 Å². The highest BCUT2D eigenvalue weighted by Crippen LogP contribution is 2.09. The van der Waals surface area contributed by atoms with Crippen LogP contribution in [-0.2, 0) is 6.54 Å². The summed E-state index contributed by atoms with van der Waals surface area (Å²) < 4.78 is 0. The van der Waals surface area contributed by atoms with Crippen molar-refractivity contribution >= 4 is 5.69 Å². The van der Waals surface area contributed by atoms with Crippen LogP contribution in [0, 0.1) is 5.92 Å². The Morgan fingerprint density at radius 3 is 2.72 bits per heavy atom. The molecule has 3 heteroatoms. The van der Waals surface area contributed by atoms with Gasteiger partial charge in [-0.05, 0) is 31.0 Å². The van der Waals surface area contributed by atoms with Crippen molar-refractivity contribution in [3.8, 4) is 0 Å². The third-order valence-corrected chi connectivity index (χ3v) is 3.10. The summed E-state index contributed by atoms with van der Waals surface area (Å²) in [4.78, 5) is 4.26. The van der Waals surface area contributed by atoms with Crippen molar-refractivity contribution in [3.05, 3.63) is 24.0 Å². The molecule has 0 aliphatic heterocycles. The maximum Gasteiger partial charge on any atom is 0.0770 e. The fourth-order valence-electron chi connectivity index (χ4n) is 1.96. The van der Waals surface area contributed by atoms with Crippen LogP contribution < -0.4 is 11.1 Å². The second-order valence-corrected chi connectivity index (χ2v) is 5.31. The summed E-state index contributed by atoms with van der Waals surface area (Å²) in [5.41, 5.74) is 7.56. The molecule has 1 heterocycles.